The Morgan fingerprint density at radius 1 is 0.920 bits per heavy atom. The Balaban J connectivity index is 4.94. The van der Waals surface area contributed by atoms with Crippen LogP contribution in [0.3, 0.4) is 0 Å². The van der Waals surface area contributed by atoms with Gasteiger partial charge in [-0.15, -0.1) is 0 Å². The fraction of sp³-hybridized carbons (Fsp3) is 0.643. The molecule has 0 heterocycles. The zero-order valence-corrected chi connectivity index (χ0v) is 13.9. The molecule has 11 nitrogen and oxygen atoms in total. The molecule has 0 saturated heterocycles. The molecule has 142 valence electrons. The third-order valence-corrected chi connectivity index (χ3v) is 3.25. The number of hydrogen-bond donors (Lipinski definition) is 6. The van der Waals surface area contributed by atoms with E-state index in [1.807, 2.05) is 0 Å². The number of nitrogens with one attached hydrogen (secondary N) is 2. The van der Waals surface area contributed by atoms with Gasteiger partial charge >= 0.3 is 17.9 Å². The van der Waals surface area contributed by atoms with Crippen molar-refractivity contribution in [2.75, 3.05) is 0 Å². The zero-order valence-electron chi connectivity index (χ0n) is 13.9. The molecule has 0 radical (unpaired) electrons. The zero-order chi connectivity index (χ0) is 19.7. The Bertz CT molecular complexity index is 534. The quantitative estimate of drug-likeness (QED) is 0.250. The minimum Gasteiger partial charge on any atom is -0.481 e. The molecule has 3 atom stereocenters. The first-order valence-corrected chi connectivity index (χ1v) is 7.48. The molecule has 11 heteroatoms. The Kier molecular flexibility index (Phi) is 9.13. The molecule has 0 aromatic rings. The summed E-state index contributed by atoms with van der Waals surface area (Å²) in [6.07, 6.45) is -1.28. The fourth-order valence-corrected chi connectivity index (χ4v) is 1.84. The minimum absolute atomic E-state index is 0.135. The number of aliphatic carboxylic acids is 3. The van der Waals surface area contributed by atoms with Crippen LogP contribution in [-0.4, -0.2) is 63.2 Å². The minimum atomic E-state index is -1.65. The molecule has 25 heavy (non-hydrogen) atoms. The second-order valence-corrected chi connectivity index (χ2v) is 5.77. The van der Waals surface area contributed by atoms with E-state index in [-0.39, 0.29) is 12.8 Å². The maximum absolute atomic E-state index is 12.2. The first-order chi connectivity index (χ1) is 11.5. The van der Waals surface area contributed by atoms with Gasteiger partial charge in [-0.05, 0) is 12.3 Å². The van der Waals surface area contributed by atoms with Gasteiger partial charge in [0.1, 0.15) is 12.1 Å². The van der Waals surface area contributed by atoms with E-state index in [0.717, 1.165) is 0 Å². The van der Waals surface area contributed by atoms with E-state index in [9.17, 15) is 24.0 Å². The molecule has 7 N–H and O–H groups in total. The molecule has 0 aliphatic rings. The molecule has 0 bridgehead atoms. The van der Waals surface area contributed by atoms with Crippen LogP contribution >= 0.6 is 0 Å². The number of carbonyl (C=O) groups is 5. The fourth-order valence-electron chi connectivity index (χ4n) is 1.84. The molecule has 0 fully saturated rings. The van der Waals surface area contributed by atoms with Crippen LogP contribution in [0.15, 0.2) is 0 Å². The topological polar surface area (TPSA) is 196 Å². The van der Waals surface area contributed by atoms with Gasteiger partial charge in [-0.25, -0.2) is 4.79 Å². The monoisotopic (exact) mass is 361 g/mol. The van der Waals surface area contributed by atoms with Gasteiger partial charge in [-0.3, -0.25) is 19.2 Å². The van der Waals surface area contributed by atoms with E-state index in [1.54, 1.807) is 13.8 Å². The molecular formula is C14H23N3O8. The Morgan fingerprint density at radius 2 is 1.48 bits per heavy atom. The van der Waals surface area contributed by atoms with Gasteiger partial charge in [0.15, 0.2) is 0 Å². The van der Waals surface area contributed by atoms with Crippen LogP contribution < -0.4 is 16.4 Å². The largest absolute Gasteiger partial charge is 0.481 e. The molecule has 0 saturated carbocycles. The predicted octanol–water partition coefficient (Wildman–Crippen LogP) is -1.64. The third-order valence-electron chi connectivity index (χ3n) is 3.25. The Hall–Kier alpha value is -2.69. The van der Waals surface area contributed by atoms with Crippen molar-refractivity contribution in [1.82, 2.24) is 10.6 Å². The van der Waals surface area contributed by atoms with Crippen molar-refractivity contribution in [3.05, 3.63) is 0 Å². The van der Waals surface area contributed by atoms with E-state index >= 15 is 0 Å². The Labute approximate surface area is 143 Å². The van der Waals surface area contributed by atoms with Crippen LogP contribution in [-0.2, 0) is 24.0 Å². The summed E-state index contributed by atoms with van der Waals surface area (Å²) in [5.74, 6) is -6.15. The number of carbonyl (C=O) groups excluding carboxylic acids is 2. The van der Waals surface area contributed by atoms with Gasteiger partial charge in [0.25, 0.3) is 0 Å². The van der Waals surface area contributed by atoms with E-state index < -0.39 is 60.2 Å². The number of rotatable bonds is 11. The number of carboxylic acids is 3. The predicted molar refractivity (Wildman–Crippen MR) is 83.4 cm³/mol. The highest BCUT2D eigenvalue weighted by molar-refractivity contribution is 5.93. The molecule has 0 aromatic carbocycles. The summed E-state index contributed by atoms with van der Waals surface area (Å²) in [6.45, 7) is 3.17. The normalized spacial score (nSPS) is 14.2. The standard InChI is InChI=1S/C14H23N3O8/c1-6(2)11(17-12(22)7(15)3-4-9(18)19)13(23)16-8(14(24)25)5-10(20)21/h6-8,11H,3-5,15H2,1-2H3,(H,16,23)(H,17,22)(H,18,19)(H,20,21)(H,24,25)/t7-,8-,11-/m0/s1. The second kappa shape index (κ2) is 10.2. The third kappa shape index (κ3) is 8.65. The summed E-state index contributed by atoms with van der Waals surface area (Å²) < 4.78 is 0. The van der Waals surface area contributed by atoms with Gasteiger partial charge in [0.05, 0.1) is 12.5 Å². The molecule has 0 aliphatic carbocycles. The highest BCUT2D eigenvalue weighted by Crippen LogP contribution is 2.05. The number of carboxylic acid groups (broad SMARTS) is 3. The van der Waals surface area contributed by atoms with E-state index in [4.69, 9.17) is 21.1 Å². The average molecular weight is 361 g/mol. The van der Waals surface area contributed by atoms with Crippen LogP contribution in [0.25, 0.3) is 0 Å². The van der Waals surface area contributed by atoms with Crippen molar-refractivity contribution in [1.29, 1.82) is 0 Å². The maximum Gasteiger partial charge on any atom is 0.326 e. The number of hydrogen-bond acceptors (Lipinski definition) is 6. The summed E-state index contributed by atoms with van der Waals surface area (Å²) in [5.41, 5.74) is 5.55. The molecule has 0 rings (SSSR count). The lowest BCUT2D eigenvalue weighted by Crippen LogP contribution is -2.56. The maximum atomic E-state index is 12.2. The molecule has 0 aliphatic heterocycles. The summed E-state index contributed by atoms with van der Waals surface area (Å²) in [7, 11) is 0. The highest BCUT2D eigenvalue weighted by Gasteiger charge is 2.30. The van der Waals surface area contributed by atoms with Crippen LogP contribution in [0.2, 0.25) is 0 Å². The van der Waals surface area contributed by atoms with Crippen molar-refractivity contribution in [2.24, 2.45) is 11.7 Å². The van der Waals surface area contributed by atoms with Gasteiger partial charge < -0.3 is 31.7 Å². The summed E-state index contributed by atoms with van der Waals surface area (Å²) in [4.78, 5) is 56.3. The van der Waals surface area contributed by atoms with Crippen molar-refractivity contribution in [3.63, 3.8) is 0 Å². The lowest BCUT2D eigenvalue weighted by Gasteiger charge is -2.24. The lowest BCUT2D eigenvalue weighted by molar-refractivity contribution is -0.147. The summed E-state index contributed by atoms with van der Waals surface area (Å²) in [6, 6.07) is -3.96. The van der Waals surface area contributed by atoms with Crippen LogP contribution in [0.4, 0.5) is 0 Å². The Morgan fingerprint density at radius 3 is 1.88 bits per heavy atom. The number of nitrogens with two attached hydrogens (primary N) is 1. The second-order valence-electron chi connectivity index (χ2n) is 5.77. The van der Waals surface area contributed by atoms with E-state index in [2.05, 4.69) is 10.6 Å². The first-order valence-electron chi connectivity index (χ1n) is 7.48. The SMILES string of the molecule is CC(C)[C@H](NC(=O)[C@@H](N)CCC(=O)O)C(=O)N[C@@H](CC(=O)O)C(=O)O. The molecule has 0 aromatic heterocycles. The van der Waals surface area contributed by atoms with E-state index in [0.29, 0.717) is 0 Å². The van der Waals surface area contributed by atoms with Crippen LogP contribution in [0, 0.1) is 5.92 Å². The van der Waals surface area contributed by atoms with Crippen molar-refractivity contribution >= 4 is 29.7 Å². The highest BCUT2D eigenvalue weighted by atomic mass is 16.4. The van der Waals surface area contributed by atoms with E-state index in [1.165, 1.54) is 0 Å². The van der Waals surface area contributed by atoms with Crippen LogP contribution in [0.1, 0.15) is 33.1 Å². The molecular weight excluding hydrogens is 338 g/mol. The molecule has 0 unspecified atom stereocenters. The van der Waals surface area contributed by atoms with Crippen LogP contribution in [0.5, 0.6) is 0 Å². The summed E-state index contributed by atoms with van der Waals surface area (Å²) in [5, 5.41) is 30.6. The average Bonchev–Trinajstić information content (AvgIpc) is 2.47. The van der Waals surface area contributed by atoms with Gasteiger partial charge in [0.2, 0.25) is 11.8 Å². The summed E-state index contributed by atoms with van der Waals surface area (Å²) >= 11 is 0. The van der Waals surface area contributed by atoms with Gasteiger partial charge in [0, 0.05) is 6.42 Å². The molecule has 2 amide bonds. The van der Waals surface area contributed by atoms with Gasteiger partial charge in [-0.2, -0.15) is 0 Å². The first kappa shape index (κ1) is 22.3. The number of amides is 2. The smallest absolute Gasteiger partial charge is 0.326 e. The van der Waals surface area contributed by atoms with Crippen molar-refractivity contribution in [3.8, 4) is 0 Å². The van der Waals surface area contributed by atoms with Gasteiger partial charge in [-0.1, -0.05) is 13.8 Å². The molecule has 0 spiro atoms. The van der Waals surface area contributed by atoms with Crippen molar-refractivity contribution < 1.29 is 39.3 Å². The lowest BCUT2D eigenvalue weighted by atomic mass is 10.0. The van der Waals surface area contributed by atoms with Crippen molar-refractivity contribution in [2.45, 2.75) is 51.2 Å².